The summed E-state index contributed by atoms with van der Waals surface area (Å²) in [5.41, 5.74) is 5.04. The molecule has 0 unspecified atom stereocenters. The largest absolute Gasteiger partial charge is 0.381 e. The summed E-state index contributed by atoms with van der Waals surface area (Å²) in [6.07, 6.45) is 4.83. The minimum absolute atomic E-state index is 0.825. The number of hydrogen-bond acceptors (Lipinski definition) is 2. The van der Waals surface area contributed by atoms with E-state index in [9.17, 15) is 0 Å². The number of benzene rings is 1. The van der Waals surface area contributed by atoms with Gasteiger partial charge in [0.05, 0.1) is 0 Å². The molecule has 17 heavy (non-hydrogen) atoms. The number of aryl methyl sites for hydroxylation is 2. The van der Waals surface area contributed by atoms with Gasteiger partial charge < -0.3 is 5.32 Å². The van der Waals surface area contributed by atoms with Gasteiger partial charge in [-0.05, 0) is 48.2 Å². The van der Waals surface area contributed by atoms with Crippen LogP contribution >= 0.6 is 0 Å². The second-order valence-corrected chi connectivity index (χ2v) is 4.21. The molecule has 0 aliphatic rings. The van der Waals surface area contributed by atoms with E-state index in [1.807, 2.05) is 18.5 Å². The lowest BCUT2D eigenvalue weighted by Gasteiger charge is -2.08. The average Bonchev–Trinajstić information content (AvgIpc) is 2.38. The second kappa shape index (κ2) is 5.48. The van der Waals surface area contributed by atoms with Crippen molar-refractivity contribution in [3.8, 4) is 0 Å². The van der Waals surface area contributed by atoms with Crippen molar-refractivity contribution in [2.24, 2.45) is 0 Å². The van der Waals surface area contributed by atoms with Crippen LogP contribution in [0.1, 0.15) is 23.6 Å². The Morgan fingerprint density at radius 1 is 1.12 bits per heavy atom. The Bertz CT molecular complexity index is 475. The third kappa shape index (κ3) is 3.06. The molecule has 0 fully saturated rings. The van der Waals surface area contributed by atoms with E-state index in [1.165, 1.54) is 16.7 Å². The minimum atomic E-state index is 0.825. The zero-order chi connectivity index (χ0) is 12.1. The Kier molecular flexibility index (Phi) is 3.76. The first-order chi connectivity index (χ1) is 8.29. The van der Waals surface area contributed by atoms with Crippen LogP contribution in [0.4, 0.5) is 5.69 Å². The van der Waals surface area contributed by atoms with Gasteiger partial charge in [-0.15, -0.1) is 0 Å². The summed E-state index contributed by atoms with van der Waals surface area (Å²) in [7, 11) is 0. The van der Waals surface area contributed by atoms with Crippen LogP contribution in [0, 0.1) is 6.92 Å². The van der Waals surface area contributed by atoms with E-state index in [4.69, 9.17) is 0 Å². The number of rotatable bonds is 4. The topological polar surface area (TPSA) is 24.9 Å². The Hall–Kier alpha value is -1.83. The van der Waals surface area contributed by atoms with Gasteiger partial charge in [-0.2, -0.15) is 0 Å². The summed E-state index contributed by atoms with van der Waals surface area (Å²) in [4.78, 5) is 4.15. The van der Waals surface area contributed by atoms with E-state index in [-0.39, 0.29) is 0 Å². The van der Waals surface area contributed by atoms with Crippen molar-refractivity contribution in [1.82, 2.24) is 4.98 Å². The van der Waals surface area contributed by atoms with E-state index in [2.05, 4.69) is 48.4 Å². The highest BCUT2D eigenvalue weighted by molar-refractivity contribution is 5.45. The molecule has 0 aliphatic carbocycles. The van der Waals surface area contributed by atoms with Gasteiger partial charge in [-0.25, -0.2) is 0 Å². The maximum Gasteiger partial charge on any atom is 0.0418 e. The number of hydrogen-bond donors (Lipinski definition) is 1. The SMILES string of the molecule is CCc1ccc(NCc2cnccc2C)cc1. The van der Waals surface area contributed by atoms with Gasteiger partial charge in [0.1, 0.15) is 0 Å². The Labute approximate surface area is 103 Å². The van der Waals surface area contributed by atoms with E-state index >= 15 is 0 Å². The van der Waals surface area contributed by atoms with Crippen molar-refractivity contribution in [1.29, 1.82) is 0 Å². The van der Waals surface area contributed by atoms with Crippen molar-refractivity contribution in [2.75, 3.05) is 5.32 Å². The molecule has 0 saturated carbocycles. The first-order valence-corrected chi connectivity index (χ1v) is 6.02. The molecule has 0 spiro atoms. The smallest absolute Gasteiger partial charge is 0.0418 e. The fourth-order valence-corrected chi connectivity index (χ4v) is 1.74. The predicted molar refractivity (Wildman–Crippen MR) is 72.1 cm³/mol. The van der Waals surface area contributed by atoms with Crippen LogP contribution in [0.15, 0.2) is 42.7 Å². The minimum Gasteiger partial charge on any atom is -0.381 e. The van der Waals surface area contributed by atoms with Crippen molar-refractivity contribution in [2.45, 2.75) is 26.8 Å². The van der Waals surface area contributed by atoms with Crippen LogP contribution in [0.5, 0.6) is 0 Å². The van der Waals surface area contributed by atoms with Crippen molar-refractivity contribution in [3.63, 3.8) is 0 Å². The van der Waals surface area contributed by atoms with E-state index in [0.29, 0.717) is 0 Å². The molecule has 2 heteroatoms. The molecule has 0 radical (unpaired) electrons. The first-order valence-electron chi connectivity index (χ1n) is 6.02. The van der Waals surface area contributed by atoms with Gasteiger partial charge in [0.25, 0.3) is 0 Å². The molecule has 0 bridgehead atoms. The molecule has 0 amide bonds. The summed E-state index contributed by atoms with van der Waals surface area (Å²) in [6, 6.07) is 10.6. The highest BCUT2D eigenvalue weighted by Gasteiger charge is 1.98. The van der Waals surface area contributed by atoms with Crippen LogP contribution in [-0.2, 0) is 13.0 Å². The number of nitrogens with zero attached hydrogens (tertiary/aromatic N) is 1. The first kappa shape index (κ1) is 11.6. The fourth-order valence-electron chi connectivity index (χ4n) is 1.74. The Balaban J connectivity index is 2.00. The average molecular weight is 226 g/mol. The van der Waals surface area contributed by atoms with E-state index < -0.39 is 0 Å². The number of aromatic nitrogens is 1. The van der Waals surface area contributed by atoms with Gasteiger partial charge in [0.15, 0.2) is 0 Å². The maximum atomic E-state index is 4.15. The molecule has 1 aromatic heterocycles. The molecule has 2 aromatic rings. The quantitative estimate of drug-likeness (QED) is 0.862. The summed E-state index contributed by atoms with van der Waals surface area (Å²) >= 11 is 0. The lowest BCUT2D eigenvalue weighted by molar-refractivity contribution is 1.08. The van der Waals surface area contributed by atoms with Crippen LogP contribution in [-0.4, -0.2) is 4.98 Å². The lowest BCUT2D eigenvalue weighted by Crippen LogP contribution is -2.01. The zero-order valence-electron chi connectivity index (χ0n) is 10.4. The normalized spacial score (nSPS) is 10.2. The molecule has 0 aliphatic heterocycles. The van der Waals surface area contributed by atoms with Crippen molar-refractivity contribution in [3.05, 3.63) is 59.4 Å². The maximum absolute atomic E-state index is 4.15. The highest BCUT2D eigenvalue weighted by Crippen LogP contribution is 2.12. The molecule has 1 heterocycles. The lowest BCUT2D eigenvalue weighted by atomic mass is 10.1. The monoisotopic (exact) mass is 226 g/mol. The van der Waals surface area contributed by atoms with Gasteiger partial charge >= 0.3 is 0 Å². The molecule has 1 N–H and O–H groups in total. The zero-order valence-corrected chi connectivity index (χ0v) is 10.4. The van der Waals surface area contributed by atoms with Gasteiger partial charge in [0.2, 0.25) is 0 Å². The number of pyridine rings is 1. The molecule has 0 atom stereocenters. The Morgan fingerprint density at radius 2 is 1.88 bits per heavy atom. The molecule has 1 aromatic carbocycles. The summed E-state index contributed by atoms with van der Waals surface area (Å²) in [5.74, 6) is 0. The summed E-state index contributed by atoms with van der Waals surface area (Å²) < 4.78 is 0. The third-order valence-corrected chi connectivity index (χ3v) is 2.99. The molecule has 2 nitrogen and oxygen atoms in total. The molecular formula is C15H18N2. The van der Waals surface area contributed by atoms with Crippen molar-refractivity contribution >= 4 is 5.69 Å². The highest BCUT2D eigenvalue weighted by atomic mass is 14.9. The van der Waals surface area contributed by atoms with Crippen LogP contribution in [0.2, 0.25) is 0 Å². The van der Waals surface area contributed by atoms with E-state index in [1.54, 1.807) is 0 Å². The van der Waals surface area contributed by atoms with Crippen LogP contribution in [0.25, 0.3) is 0 Å². The van der Waals surface area contributed by atoms with Crippen LogP contribution in [0.3, 0.4) is 0 Å². The summed E-state index contributed by atoms with van der Waals surface area (Å²) in [6.45, 7) is 5.10. The van der Waals surface area contributed by atoms with E-state index in [0.717, 1.165) is 18.7 Å². The summed E-state index contributed by atoms with van der Waals surface area (Å²) in [5, 5.41) is 3.41. The van der Waals surface area contributed by atoms with Gasteiger partial charge in [0, 0.05) is 24.6 Å². The number of anilines is 1. The molecule has 2 rings (SSSR count). The molecular weight excluding hydrogens is 208 g/mol. The fraction of sp³-hybridized carbons (Fsp3) is 0.267. The molecule has 88 valence electrons. The van der Waals surface area contributed by atoms with Crippen molar-refractivity contribution < 1.29 is 0 Å². The number of nitrogens with one attached hydrogen (secondary N) is 1. The Morgan fingerprint density at radius 3 is 2.53 bits per heavy atom. The van der Waals surface area contributed by atoms with Crippen LogP contribution < -0.4 is 5.32 Å². The standard InChI is InChI=1S/C15H18N2/c1-3-13-4-6-15(7-5-13)17-11-14-10-16-9-8-12(14)2/h4-10,17H,3,11H2,1-2H3. The molecule has 0 saturated heterocycles. The third-order valence-electron chi connectivity index (χ3n) is 2.99. The van der Waals surface area contributed by atoms with Gasteiger partial charge in [-0.1, -0.05) is 19.1 Å². The van der Waals surface area contributed by atoms with Gasteiger partial charge in [-0.3, -0.25) is 4.98 Å². The second-order valence-electron chi connectivity index (χ2n) is 4.21. The predicted octanol–water partition coefficient (Wildman–Crippen LogP) is 3.56.